The standard InChI is InChI=1S/C16H32N2/c1-3-10-16(2,12-17)13-18-11-6-8-14-7-4-5-9-15(14)18/h14-15H,3-13,17H2,1-2H3/t14-,15-,16?/m1/s1. The number of rotatable bonds is 5. The van der Waals surface area contributed by atoms with Gasteiger partial charge in [0.25, 0.3) is 0 Å². The zero-order valence-electron chi connectivity index (χ0n) is 12.5. The quantitative estimate of drug-likeness (QED) is 0.812. The van der Waals surface area contributed by atoms with Crippen LogP contribution in [0.3, 0.4) is 0 Å². The number of piperidine rings is 1. The average Bonchev–Trinajstić information content (AvgIpc) is 2.39. The van der Waals surface area contributed by atoms with E-state index in [0.717, 1.165) is 18.5 Å². The van der Waals surface area contributed by atoms with Gasteiger partial charge in [-0.1, -0.05) is 33.1 Å². The van der Waals surface area contributed by atoms with Gasteiger partial charge in [-0.3, -0.25) is 4.90 Å². The number of likely N-dealkylation sites (tertiary alicyclic amines) is 1. The summed E-state index contributed by atoms with van der Waals surface area (Å²) in [6.07, 6.45) is 11.3. The fourth-order valence-corrected chi connectivity index (χ4v) is 4.26. The predicted molar refractivity (Wildman–Crippen MR) is 78.6 cm³/mol. The summed E-state index contributed by atoms with van der Waals surface area (Å²) in [4.78, 5) is 2.80. The van der Waals surface area contributed by atoms with E-state index in [1.54, 1.807) is 0 Å². The third-order valence-corrected chi connectivity index (χ3v) is 5.29. The van der Waals surface area contributed by atoms with Crippen LogP contribution in [0.25, 0.3) is 0 Å². The highest BCUT2D eigenvalue weighted by Crippen LogP contribution is 2.37. The Kier molecular flexibility index (Phi) is 5.08. The molecule has 3 atom stereocenters. The molecule has 1 aliphatic carbocycles. The van der Waals surface area contributed by atoms with Crippen molar-refractivity contribution in [3.8, 4) is 0 Å². The summed E-state index contributed by atoms with van der Waals surface area (Å²) in [5, 5.41) is 0. The van der Waals surface area contributed by atoms with Gasteiger partial charge in [0, 0.05) is 12.6 Å². The molecule has 2 aliphatic rings. The summed E-state index contributed by atoms with van der Waals surface area (Å²) in [7, 11) is 0. The topological polar surface area (TPSA) is 29.3 Å². The van der Waals surface area contributed by atoms with Crippen molar-refractivity contribution in [2.75, 3.05) is 19.6 Å². The second kappa shape index (κ2) is 6.38. The van der Waals surface area contributed by atoms with Crippen LogP contribution in [-0.4, -0.2) is 30.6 Å². The molecule has 1 aliphatic heterocycles. The summed E-state index contributed by atoms with van der Waals surface area (Å²) in [6.45, 7) is 8.07. The Morgan fingerprint density at radius 1 is 1.17 bits per heavy atom. The minimum Gasteiger partial charge on any atom is -0.330 e. The maximum Gasteiger partial charge on any atom is 0.0124 e. The molecule has 0 spiro atoms. The fraction of sp³-hybridized carbons (Fsp3) is 1.00. The van der Waals surface area contributed by atoms with Gasteiger partial charge in [0.15, 0.2) is 0 Å². The van der Waals surface area contributed by atoms with Gasteiger partial charge in [0.2, 0.25) is 0 Å². The Hall–Kier alpha value is -0.0800. The molecule has 106 valence electrons. The van der Waals surface area contributed by atoms with Gasteiger partial charge in [-0.05, 0) is 56.5 Å². The van der Waals surface area contributed by atoms with E-state index in [0.29, 0.717) is 5.41 Å². The van der Waals surface area contributed by atoms with Crippen molar-refractivity contribution in [3.05, 3.63) is 0 Å². The number of fused-ring (bicyclic) bond motifs is 1. The minimum absolute atomic E-state index is 0.341. The molecule has 0 amide bonds. The van der Waals surface area contributed by atoms with Crippen molar-refractivity contribution in [1.29, 1.82) is 0 Å². The van der Waals surface area contributed by atoms with Crippen molar-refractivity contribution in [3.63, 3.8) is 0 Å². The molecule has 1 heterocycles. The highest BCUT2D eigenvalue weighted by molar-refractivity contribution is 4.90. The third kappa shape index (κ3) is 3.27. The molecule has 0 aromatic heterocycles. The number of hydrogen-bond acceptors (Lipinski definition) is 2. The first-order valence-corrected chi connectivity index (χ1v) is 8.12. The molecular weight excluding hydrogens is 220 g/mol. The molecule has 1 unspecified atom stereocenters. The van der Waals surface area contributed by atoms with E-state index in [1.807, 2.05) is 0 Å². The predicted octanol–water partition coefficient (Wildman–Crippen LogP) is 3.41. The number of nitrogens with two attached hydrogens (primary N) is 1. The Morgan fingerprint density at radius 3 is 2.61 bits per heavy atom. The SMILES string of the molecule is CCCC(C)(CN)CN1CCC[C@H]2CCCC[C@H]21. The Labute approximate surface area is 113 Å². The van der Waals surface area contributed by atoms with Gasteiger partial charge in [-0.2, -0.15) is 0 Å². The molecule has 18 heavy (non-hydrogen) atoms. The van der Waals surface area contributed by atoms with E-state index in [2.05, 4.69) is 18.7 Å². The molecule has 0 aromatic carbocycles. The van der Waals surface area contributed by atoms with Crippen LogP contribution in [0, 0.1) is 11.3 Å². The van der Waals surface area contributed by atoms with Crippen molar-refractivity contribution in [2.45, 2.75) is 71.3 Å². The summed E-state index contributed by atoms with van der Waals surface area (Å²) in [5.41, 5.74) is 6.39. The molecule has 2 N–H and O–H groups in total. The molecule has 0 bridgehead atoms. The van der Waals surface area contributed by atoms with Crippen LogP contribution < -0.4 is 5.73 Å². The molecular formula is C16H32N2. The summed E-state index contributed by atoms with van der Waals surface area (Å²) in [5.74, 6) is 0.996. The summed E-state index contributed by atoms with van der Waals surface area (Å²) >= 11 is 0. The van der Waals surface area contributed by atoms with Crippen molar-refractivity contribution >= 4 is 0 Å². The highest BCUT2D eigenvalue weighted by Gasteiger charge is 2.36. The Balaban J connectivity index is 1.97. The van der Waals surface area contributed by atoms with E-state index in [4.69, 9.17) is 5.73 Å². The molecule has 0 radical (unpaired) electrons. The molecule has 0 aromatic rings. The molecule has 2 fully saturated rings. The van der Waals surface area contributed by atoms with Gasteiger partial charge in [0.05, 0.1) is 0 Å². The zero-order chi connectivity index (χ0) is 13.0. The van der Waals surface area contributed by atoms with E-state index in [1.165, 1.54) is 64.5 Å². The van der Waals surface area contributed by atoms with E-state index >= 15 is 0 Å². The lowest BCUT2D eigenvalue weighted by Gasteiger charge is -2.47. The molecule has 1 saturated carbocycles. The number of nitrogens with zero attached hydrogens (tertiary/aromatic N) is 1. The van der Waals surface area contributed by atoms with Crippen LogP contribution in [0.1, 0.15) is 65.2 Å². The van der Waals surface area contributed by atoms with E-state index < -0.39 is 0 Å². The van der Waals surface area contributed by atoms with Gasteiger partial charge in [-0.15, -0.1) is 0 Å². The first-order chi connectivity index (χ1) is 8.68. The summed E-state index contributed by atoms with van der Waals surface area (Å²) < 4.78 is 0. The molecule has 2 nitrogen and oxygen atoms in total. The van der Waals surface area contributed by atoms with Crippen LogP contribution in [0.15, 0.2) is 0 Å². The van der Waals surface area contributed by atoms with Crippen molar-refractivity contribution in [1.82, 2.24) is 4.90 Å². The largest absolute Gasteiger partial charge is 0.330 e. The Bertz CT molecular complexity index is 251. The van der Waals surface area contributed by atoms with Crippen LogP contribution in [0.5, 0.6) is 0 Å². The fourth-order valence-electron chi connectivity index (χ4n) is 4.26. The normalized spacial score (nSPS) is 32.8. The van der Waals surface area contributed by atoms with Gasteiger partial charge in [-0.25, -0.2) is 0 Å². The highest BCUT2D eigenvalue weighted by atomic mass is 15.2. The lowest BCUT2D eigenvalue weighted by atomic mass is 9.76. The minimum atomic E-state index is 0.341. The smallest absolute Gasteiger partial charge is 0.0124 e. The van der Waals surface area contributed by atoms with Crippen LogP contribution in [0.2, 0.25) is 0 Å². The summed E-state index contributed by atoms with van der Waals surface area (Å²) in [6, 6.07) is 0.884. The van der Waals surface area contributed by atoms with Crippen LogP contribution in [0.4, 0.5) is 0 Å². The van der Waals surface area contributed by atoms with E-state index in [-0.39, 0.29) is 0 Å². The van der Waals surface area contributed by atoms with Gasteiger partial charge >= 0.3 is 0 Å². The zero-order valence-corrected chi connectivity index (χ0v) is 12.5. The maximum absolute atomic E-state index is 6.05. The Morgan fingerprint density at radius 2 is 1.89 bits per heavy atom. The van der Waals surface area contributed by atoms with Crippen molar-refractivity contribution in [2.24, 2.45) is 17.1 Å². The molecule has 2 heteroatoms. The van der Waals surface area contributed by atoms with Crippen LogP contribution >= 0.6 is 0 Å². The lowest BCUT2D eigenvalue weighted by molar-refractivity contribution is 0.0273. The van der Waals surface area contributed by atoms with Gasteiger partial charge in [0.1, 0.15) is 0 Å². The van der Waals surface area contributed by atoms with E-state index in [9.17, 15) is 0 Å². The third-order valence-electron chi connectivity index (χ3n) is 5.29. The lowest BCUT2D eigenvalue weighted by Crippen LogP contribution is -2.51. The number of hydrogen-bond donors (Lipinski definition) is 1. The molecule has 2 rings (SSSR count). The average molecular weight is 252 g/mol. The van der Waals surface area contributed by atoms with Crippen LogP contribution in [-0.2, 0) is 0 Å². The van der Waals surface area contributed by atoms with Gasteiger partial charge < -0.3 is 5.73 Å². The maximum atomic E-state index is 6.05. The first-order valence-electron chi connectivity index (χ1n) is 8.12. The second-order valence-corrected chi connectivity index (χ2v) is 6.99. The van der Waals surface area contributed by atoms with Crippen molar-refractivity contribution < 1.29 is 0 Å². The first kappa shape index (κ1) is 14.3. The monoisotopic (exact) mass is 252 g/mol. The molecule has 1 saturated heterocycles. The second-order valence-electron chi connectivity index (χ2n) is 6.99.